The summed E-state index contributed by atoms with van der Waals surface area (Å²) in [5.74, 6) is 1.53. The second-order valence-corrected chi connectivity index (χ2v) is 6.17. The molecule has 3 nitrogen and oxygen atoms in total. The average molecular weight is 255 g/mol. The van der Waals surface area contributed by atoms with Gasteiger partial charge in [0.05, 0.1) is 6.42 Å². The minimum atomic E-state index is -0.682. The summed E-state index contributed by atoms with van der Waals surface area (Å²) in [6.45, 7) is 10.8. The third-order valence-corrected chi connectivity index (χ3v) is 4.48. The highest BCUT2D eigenvalue weighted by Gasteiger charge is 2.33. The molecule has 18 heavy (non-hydrogen) atoms. The topological polar surface area (TPSA) is 40.5 Å². The van der Waals surface area contributed by atoms with Crippen molar-refractivity contribution in [3.05, 3.63) is 0 Å². The Hall–Kier alpha value is -0.570. The molecule has 1 rings (SSSR count). The zero-order valence-electron chi connectivity index (χ0n) is 12.4. The van der Waals surface area contributed by atoms with Gasteiger partial charge in [0.25, 0.3) is 0 Å². The molecule has 1 aliphatic rings. The van der Waals surface area contributed by atoms with Crippen LogP contribution in [0.5, 0.6) is 0 Å². The van der Waals surface area contributed by atoms with E-state index >= 15 is 0 Å². The first-order valence-corrected chi connectivity index (χ1v) is 7.41. The fraction of sp³-hybridized carbons (Fsp3) is 0.933. The zero-order valence-corrected chi connectivity index (χ0v) is 12.4. The Kier molecular flexibility index (Phi) is 6.13. The van der Waals surface area contributed by atoms with E-state index in [-0.39, 0.29) is 6.42 Å². The maximum atomic E-state index is 10.8. The van der Waals surface area contributed by atoms with E-state index in [4.69, 9.17) is 5.11 Å². The predicted octanol–water partition coefficient (Wildman–Crippen LogP) is 3.24. The molecule has 1 N–H and O–H groups in total. The summed E-state index contributed by atoms with van der Waals surface area (Å²) in [6.07, 6.45) is 4.13. The quantitative estimate of drug-likeness (QED) is 0.792. The zero-order chi connectivity index (χ0) is 13.7. The molecular formula is C15H29NO2. The molecule has 0 bridgehead atoms. The lowest BCUT2D eigenvalue weighted by Gasteiger charge is -2.43. The van der Waals surface area contributed by atoms with Gasteiger partial charge in [-0.3, -0.25) is 9.69 Å². The minimum Gasteiger partial charge on any atom is -0.481 e. The summed E-state index contributed by atoms with van der Waals surface area (Å²) < 4.78 is 0. The Morgan fingerprint density at radius 2 is 2.06 bits per heavy atom. The number of carbonyl (C=O) groups is 1. The van der Waals surface area contributed by atoms with Crippen LogP contribution in [0, 0.1) is 17.8 Å². The van der Waals surface area contributed by atoms with Crippen LogP contribution in [-0.2, 0) is 4.79 Å². The van der Waals surface area contributed by atoms with Crippen LogP contribution in [0.2, 0.25) is 0 Å². The van der Waals surface area contributed by atoms with Crippen LogP contribution in [0.3, 0.4) is 0 Å². The van der Waals surface area contributed by atoms with E-state index in [1.165, 1.54) is 19.3 Å². The standard InChI is InChI=1S/C15H29NO2/c1-5-16(9-8-15(17)18)14-10-12(4)6-7-13(14)11(2)3/h11-14H,5-10H2,1-4H3,(H,17,18). The van der Waals surface area contributed by atoms with Crippen molar-refractivity contribution in [3.63, 3.8) is 0 Å². The van der Waals surface area contributed by atoms with E-state index in [9.17, 15) is 4.79 Å². The second kappa shape index (κ2) is 7.13. The Balaban J connectivity index is 2.68. The van der Waals surface area contributed by atoms with Gasteiger partial charge in [-0.1, -0.05) is 34.1 Å². The summed E-state index contributed by atoms with van der Waals surface area (Å²) in [6, 6.07) is 0.582. The van der Waals surface area contributed by atoms with Crippen LogP contribution < -0.4 is 0 Å². The number of hydrogen-bond donors (Lipinski definition) is 1. The van der Waals surface area contributed by atoms with Gasteiger partial charge in [-0.05, 0) is 37.1 Å². The lowest BCUT2D eigenvalue weighted by molar-refractivity contribution is -0.137. The molecule has 1 saturated carbocycles. The summed E-state index contributed by atoms with van der Waals surface area (Å²) in [7, 11) is 0. The maximum absolute atomic E-state index is 10.8. The van der Waals surface area contributed by atoms with Gasteiger partial charge in [0.1, 0.15) is 0 Å². The van der Waals surface area contributed by atoms with E-state index in [1.54, 1.807) is 0 Å². The first-order chi connectivity index (χ1) is 8.45. The normalized spacial score (nSPS) is 28.9. The highest BCUT2D eigenvalue weighted by Crippen LogP contribution is 2.36. The lowest BCUT2D eigenvalue weighted by Crippen LogP contribution is -2.46. The molecule has 0 amide bonds. The molecule has 3 atom stereocenters. The van der Waals surface area contributed by atoms with Crippen LogP contribution in [0.25, 0.3) is 0 Å². The molecule has 1 aliphatic carbocycles. The highest BCUT2D eigenvalue weighted by molar-refractivity contribution is 5.66. The maximum Gasteiger partial charge on any atom is 0.304 e. The molecule has 0 aromatic heterocycles. The highest BCUT2D eigenvalue weighted by atomic mass is 16.4. The molecule has 0 heterocycles. The Bertz CT molecular complexity index is 265. The minimum absolute atomic E-state index is 0.267. The van der Waals surface area contributed by atoms with E-state index in [0.717, 1.165) is 18.4 Å². The van der Waals surface area contributed by atoms with E-state index in [2.05, 4.69) is 32.6 Å². The van der Waals surface area contributed by atoms with Gasteiger partial charge >= 0.3 is 5.97 Å². The van der Waals surface area contributed by atoms with Crippen LogP contribution in [0.1, 0.15) is 53.4 Å². The van der Waals surface area contributed by atoms with E-state index in [1.807, 2.05) is 0 Å². The smallest absolute Gasteiger partial charge is 0.304 e. The van der Waals surface area contributed by atoms with Crippen molar-refractivity contribution < 1.29 is 9.90 Å². The summed E-state index contributed by atoms with van der Waals surface area (Å²) in [4.78, 5) is 13.2. The van der Waals surface area contributed by atoms with Crippen LogP contribution in [0.15, 0.2) is 0 Å². The lowest BCUT2D eigenvalue weighted by atomic mass is 9.73. The Morgan fingerprint density at radius 1 is 1.39 bits per heavy atom. The van der Waals surface area contributed by atoms with Gasteiger partial charge < -0.3 is 5.11 Å². The fourth-order valence-corrected chi connectivity index (χ4v) is 3.37. The van der Waals surface area contributed by atoms with Crippen molar-refractivity contribution in [2.45, 2.75) is 59.4 Å². The molecule has 0 aliphatic heterocycles. The number of carboxylic acids is 1. The third kappa shape index (κ3) is 4.27. The number of carboxylic acid groups (broad SMARTS) is 1. The molecule has 1 fully saturated rings. The monoisotopic (exact) mass is 255 g/mol. The van der Waals surface area contributed by atoms with Crippen molar-refractivity contribution in [2.24, 2.45) is 17.8 Å². The summed E-state index contributed by atoms with van der Waals surface area (Å²) in [5, 5.41) is 8.86. The van der Waals surface area contributed by atoms with Crippen molar-refractivity contribution >= 4 is 5.97 Å². The SMILES string of the molecule is CCN(CCC(=O)O)C1CC(C)CCC1C(C)C. The van der Waals surface area contributed by atoms with Crippen molar-refractivity contribution in [1.82, 2.24) is 4.90 Å². The van der Waals surface area contributed by atoms with Crippen LogP contribution in [-0.4, -0.2) is 35.1 Å². The molecule has 0 saturated heterocycles. The Morgan fingerprint density at radius 3 is 2.56 bits per heavy atom. The largest absolute Gasteiger partial charge is 0.481 e. The molecule has 0 aromatic carbocycles. The van der Waals surface area contributed by atoms with E-state index < -0.39 is 5.97 Å². The molecule has 0 spiro atoms. The third-order valence-electron chi connectivity index (χ3n) is 4.48. The molecule has 3 heteroatoms. The van der Waals surface area contributed by atoms with Gasteiger partial charge in [0, 0.05) is 12.6 Å². The van der Waals surface area contributed by atoms with Crippen molar-refractivity contribution in [1.29, 1.82) is 0 Å². The van der Waals surface area contributed by atoms with Crippen molar-refractivity contribution in [3.8, 4) is 0 Å². The Labute approximate surface area is 112 Å². The van der Waals surface area contributed by atoms with Crippen LogP contribution in [0.4, 0.5) is 0 Å². The number of aliphatic carboxylic acids is 1. The first kappa shape index (κ1) is 15.5. The molecular weight excluding hydrogens is 226 g/mol. The number of rotatable bonds is 6. The summed E-state index contributed by atoms with van der Waals surface area (Å²) in [5.41, 5.74) is 0. The first-order valence-electron chi connectivity index (χ1n) is 7.41. The number of hydrogen-bond acceptors (Lipinski definition) is 2. The molecule has 3 unspecified atom stereocenters. The van der Waals surface area contributed by atoms with Gasteiger partial charge in [-0.25, -0.2) is 0 Å². The van der Waals surface area contributed by atoms with Crippen LogP contribution >= 0.6 is 0 Å². The molecule has 106 valence electrons. The number of nitrogens with zero attached hydrogens (tertiary/aromatic N) is 1. The average Bonchev–Trinajstić information content (AvgIpc) is 2.29. The van der Waals surface area contributed by atoms with Gasteiger partial charge in [-0.15, -0.1) is 0 Å². The molecule has 0 aromatic rings. The second-order valence-electron chi connectivity index (χ2n) is 6.17. The van der Waals surface area contributed by atoms with Gasteiger partial charge in [0.15, 0.2) is 0 Å². The van der Waals surface area contributed by atoms with Gasteiger partial charge in [-0.2, -0.15) is 0 Å². The molecule has 0 radical (unpaired) electrons. The predicted molar refractivity (Wildman–Crippen MR) is 74.6 cm³/mol. The van der Waals surface area contributed by atoms with Crippen molar-refractivity contribution in [2.75, 3.05) is 13.1 Å². The van der Waals surface area contributed by atoms with Gasteiger partial charge in [0.2, 0.25) is 0 Å². The fourth-order valence-electron chi connectivity index (χ4n) is 3.37. The summed E-state index contributed by atoms with van der Waals surface area (Å²) >= 11 is 0. The van der Waals surface area contributed by atoms with E-state index in [0.29, 0.717) is 18.5 Å².